The molecule has 2 amide bonds. The van der Waals surface area contributed by atoms with Crippen LogP contribution in [0.25, 0.3) is 0 Å². The SMILES string of the molecule is CCOC(=O)/C=C/C[C@@H](NC(=O)COCc1ccccc1)C(N)=O. The predicted octanol–water partition coefficient (Wildman–Crippen LogP) is 0.683. The highest BCUT2D eigenvalue weighted by Gasteiger charge is 2.16. The van der Waals surface area contributed by atoms with Crippen molar-refractivity contribution >= 4 is 17.8 Å². The Kier molecular flexibility index (Phi) is 8.85. The number of carbonyl (C=O) groups is 3. The molecule has 3 N–H and O–H groups in total. The zero-order chi connectivity index (χ0) is 17.8. The third-order valence-corrected chi connectivity index (χ3v) is 2.94. The number of primary amides is 1. The van der Waals surface area contributed by atoms with Gasteiger partial charge in [-0.15, -0.1) is 0 Å². The second-order valence-corrected chi connectivity index (χ2v) is 4.89. The van der Waals surface area contributed by atoms with Crippen molar-refractivity contribution in [2.45, 2.75) is 26.0 Å². The van der Waals surface area contributed by atoms with Gasteiger partial charge in [-0.1, -0.05) is 36.4 Å². The van der Waals surface area contributed by atoms with E-state index in [0.717, 1.165) is 5.56 Å². The lowest BCUT2D eigenvalue weighted by Crippen LogP contribution is -2.45. The van der Waals surface area contributed by atoms with E-state index in [0.29, 0.717) is 0 Å². The van der Waals surface area contributed by atoms with E-state index in [-0.39, 0.29) is 26.2 Å². The van der Waals surface area contributed by atoms with Gasteiger partial charge in [-0.05, 0) is 18.9 Å². The molecule has 0 radical (unpaired) electrons. The number of ether oxygens (including phenoxy) is 2. The minimum Gasteiger partial charge on any atom is -0.463 e. The number of esters is 1. The van der Waals surface area contributed by atoms with E-state index in [4.69, 9.17) is 15.2 Å². The maximum Gasteiger partial charge on any atom is 0.330 e. The van der Waals surface area contributed by atoms with E-state index in [9.17, 15) is 14.4 Å². The van der Waals surface area contributed by atoms with Gasteiger partial charge < -0.3 is 20.5 Å². The lowest BCUT2D eigenvalue weighted by molar-refractivity contribution is -0.137. The summed E-state index contributed by atoms with van der Waals surface area (Å²) in [7, 11) is 0. The van der Waals surface area contributed by atoms with Crippen LogP contribution in [-0.2, 0) is 30.5 Å². The van der Waals surface area contributed by atoms with E-state index < -0.39 is 23.8 Å². The van der Waals surface area contributed by atoms with Gasteiger partial charge in [0.15, 0.2) is 0 Å². The lowest BCUT2D eigenvalue weighted by atomic mass is 10.2. The molecule has 0 spiro atoms. The zero-order valence-electron chi connectivity index (χ0n) is 13.6. The highest BCUT2D eigenvalue weighted by atomic mass is 16.5. The molecule has 0 aromatic heterocycles. The molecule has 0 aliphatic carbocycles. The van der Waals surface area contributed by atoms with Crippen molar-refractivity contribution in [1.82, 2.24) is 5.32 Å². The van der Waals surface area contributed by atoms with Gasteiger partial charge in [-0.3, -0.25) is 9.59 Å². The quantitative estimate of drug-likeness (QED) is 0.483. The van der Waals surface area contributed by atoms with Crippen molar-refractivity contribution in [2.75, 3.05) is 13.2 Å². The molecule has 24 heavy (non-hydrogen) atoms. The van der Waals surface area contributed by atoms with Crippen molar-refractivity contribution in [3.05, 3.63) is 48.0 Å². The van der Waals surface area contributed by atoms with Crippen molar-refractivity contribution in [1.29, 1.82) is 0 Å². The van der Waals surface area contributed by atoms with Crippen LogP contribution in [0.4, 0.5) is 0 Å². The van der Waals surface area contributed by atoms with E-state index in [1.165, 1.54) is 12.2 Å². The maximum absolute atomic E-state index is 11.8. The summed E-state index contributed by atoms with van der Waals surface area (Å²) in [6, 6.07) is 8.48. The number of nitrogens with one attached hydrogen (secondary N) is 1. The molecule has 0 heterocycles. The molecule has 1 aromatic rings. The molecule has 7 heteroatoms. The van der Waals surface area contributed by atoms with Crippen molar-refractivity contribution < 1.29 is 23.9 Å². The van der Waals surface area contributed by atoms with Crippen LogP contribution in [0.3, 0.4) is 0 Å². The third-order valence-electron chi connectivity index (χ3n) is 2.94. The summed E-state index contributed by atoms with van der Waals surface area (Å²) in [5.41, 5.74) is 6.17. The van der Waals surface area contributed by atoms with Crippen LogP contribution in [0.2, 0.25) is 0 Å². The molecule has 1 rings (SSSR count). The van der Waals surface area contributed by atoms with Gasteiger partial charge in [0.2, 0.25) is 11.8 Å². The molecule has 0 fully saturated rings. The van der Waals surface area contributed by atoms with Crippen LogP contribution in [-0.4, -0.2) is 37.0 Å². The molecule has 0 bridgehead atoms. The van der Waals surface area contributed by atoms with Crippen LogP contribution in [0.1, 0.15) is 18.9 Å². The summed E-state index contributed by atoms with van der Waals surface area (Å²) < 4.78 is 9.99. The number of hydrogen-bond donors (Lipinski definition) is 2. The molecular weight excluding hydrogens is 312 g/mol. The topological polar surface area (TPSA) is 108 Å². The molecule has 0 saturated carbocycles. The largest absolute Gasteiger partial charge is 0.463 e. The molecule has 130 valence electrons. The van der Waals surface area contributed by atoms with Gasteiger partial charge in [-0.2, -0.15) is 0 Å². The maximum atomic E-state index is 11.8. The number of rotatable bonds is 10. The Morgan fingerprint density at radius 3 is 2.58 bits per heavy atom. The number of carbonyl (C=O) groups excluding carboxylic acids is 3. The standard InChI is InChI=1S/C17H22N2O5/c1-2-24-16(21)10-6-9-14(17(18)22)19-15(20)12-23-11-13-7-4-3-5-8-13/h3-8,10,14H,2,9,11-12H2,1H3,(H2,18,22)(H,19,20)/b10-6+/t14-/m1/s1. The third kappa shape index (κ3) is 8.09. The Bertz CT molecular complexity index is 572. The molecule has 1 aromatic carbocycles. The minimum absolute atomic E-state index is 0.0958. The zero-order valence-corrected chi connectivity index (χ0v) is 13.6. The van der Waals surface area contributed by atoms with Crippen LogP contribution in [0.15, 0.2) is 42.5 Å². The summed E-state index contributed by atoms with van der Waals surface area (Å²) >= 11 is 0. The number of amides is 2. The average Bonchev–Trinajstić information content (AvgIpc) is 2.55. The second-order valence-electron chi connectivity index (χ2n) is 4.89. The molecule has 7 nitrogen and oxygen atoms in total. The highest BCUT2D eigenvalue weighted by molar-refractivity contribution is 5.87. The summed E-state index contributed by atoms with van der Waals surface area (Å²) in [4.78, 5) is 34.3. The van der Waals surface area contributed by atoms with Gasteiger partial charge >= 0.3 is 5.97 Å². The molecular formula is C17H22N2O5. The minimum atomic E-state index is -0.913. The van der Waals surface area contributed by atoms with Crippen LogP contribution in [0.5, 0.6) is 0 Å². The Morgan fingerprint density at radius 2 is 1.96 bits per heavy atom. The highest BCUT2D eigenvalue weighted by Crippen LogP contribution is 2.00. The molecule has 1 atom stereocenters. The predicted molar refractivity (Wildman–Crippen MR) is 87.6 cm³/mol. The van der Waals surface area contributed by atoms with Gasteiger partial charge in [-0.25, -0.2) is 4.79 Å². The normalized spacial score (nSPS) is 11.9. The average molecular weight is 334 g/mol. The molecule has 0 aliphatic heterocycles. The monoisotopic (exact) mass is 334 g/mol. The van der Waals surface area contributed by atoms with E-state index in [1.54, 1.807) is 6.92 Å². The van der Waals surface area contributed by atoms with Crippen LogP contribution in [0, 0.1) is 0 Å². The Balaban J connectivity index is 2.37. The van der Waals surface area contributed by atoms with Crippen LogP contribution >= 0.6 is 0 Å². The van der Waals surface area contributed by atoms with Crippen LogP contribution < -0.4 is 11.1 Å². The van der Waals surface area contributed by atoms with E-state index in [2.05, 4.69) is 5.32 Å². The lowest BCUT2D eigenvalue weighted by Gasteiger charge is -2.13. The number of nitrogens with two attached hydrogens (primary N) is 1. The molecule has 0 aliphatic rings. The number of benzene rings is 1. The van der Waals surface area contributed by atoms with E-state index >= 15 is 0 Å². The van der Waals surface area contributed by atoms with Gasteiger partial charge in [0.25, 0.3) is 0 Å². The fourth-order valence-electron chi connectivity index (χ4n) is 1.81. The van der Waals surface area contributed by atoms with Crippen molar-refractivity contribution in [3.63, 3.8) is 0 Å². The summed E-state index contributed by atoms with van der Waals surface area (Å²) in [5.74, 6) is -1.67. The fourth-order valence-corrected chi connectivity index (χ4v) is 1.81. The van der Waals surface area contributed by atoms with Gasteiger partial charge in [0.1, 0.15) is 12.6 Å². The molecule has 0 unspecified atom stereocenters. The van der Waals surface area contributed by atoms with E-state index in [1.807, 2.05) is 30.3 Å². The summed E-state index contributed by atoms with van der Waals surface area (Å²) in [5, 5.41) is 2.47. The smallest absolute Gasteiger partial charge is 0.330 e. The summed E-state index contributed by atoms with van der Waals surface area (Å²) in [6.45, 7) is 2.05. The first-order valence-electron chi connectivity index (χ1n) is 7.56. The van der Waals surface area contributed by atoms with Crippen molar-refractivity contribution in [2.24, 2.45) is 5.73 Å². The molecule has 0 saturated heterocycles. The van der Waals surface area contributed by atoms with Gasteiger partial charge in [0.05, 0.1) is 13.2 Å². The first kappa shape index (κ1) is 19.4. The fraction of sp³-hybridized carbons (Fsp3) is 0.353. The number of hydrogen-bond acceptors (Lipinski definition) is 5. The van der Waals surface area contributed by atoms with Gasteiger partial charge in [0, 0.05) is 6.08 Å². The second kappa shape index (κ2) is 11.0. The van der Waals surface area contributed by atoms with Crippen molar-refractivity contribution in [3.8, 4) is 0 Å². The Morgan fingerprint density at radius 1 is 1.25 bits per heavy atom. The Labute approximate surface area is 140 Å². The summed E-state index contributed by atoms with van der Waals surface area (Å²) in [6.07, 6.45) is 2.72. The Hall–Kier alpha value is -2.67. The first-order valence-corrected chi connectivity index (χ1v) is 7.56. The first-order chi connectivity index (χ1) is 11.5.